The van der Waals surface area contributed by atoms with Gasteiger partial charge in [-0.25, -0.2) is 4.79 Å². The van der Waals surface area contributed by atoms with Gasteiger partial charge in [0.25, 0.3) is 0 Å². The number of nitrogens with one attached hydrogen (secondary N) is 1. The van der Waals surface area contributed by atoms with Gasteiger partial charge in [0.15, 0.2) is 0 Å². The van der Waals surface area contributed by atoms with Gasteiger partial charge in [-0.05, 0) is 62.4 Å². The molecule has 2 saturated heterocycles. The van der Waals surface area contributed by atoms with Crippen molar-refractivity contribution in [1.82, 2.24) is 14.6 Å². The average molecular weight is 356 g/mol. The standard InChI is InChI=1S/C19H24N4O3/c1-12-14(13-8-10-20-11-9-13)6-7-15-18(12)21(2)19(26)22(15)23-16(24)4-3-5-17(23)25/h6-7,13,20H,3-5,8-11H2,1-2H3. The van der Waals surface area contributed by atoms with Crippen molar-refractivity contribution in [1.29, 1.82) is 0 Å². The van der Waals surface area contributed by atoms with Crippen LogP contribution >= 0.6 is 0 Å². The van der Waals surface area contributed by atoms with Crippen molar-refractivity contribution >= 4 is 22.8 Å². The summed E-state index contributed by atoms with van der Waals surface area (Å²) in [6.07, 6.45) is 3.28. The molecule has 0 aliphatic carbocycles. The maximum absolute atomic E-state index is 12.9. The second-order valence-electron chi connectivity index (χ2n) is 7.28. The fourth-order valence-corrected chi connectivity index (χ4v) is 4.37. The van der Waals surface area contributed by atoms with Crippen LogP contribution in [0.1, 0.15) is 49.1 Å². The van der Waals surface area contributed by atoms with Crippen molar-refractivity contribution in [3.05, 3.63) is 33.7 Å². The molecule has 138 valence electrons. The van der Waals surface area contributed by atoms with Crippen molar-refractivity contribution in [2.24, 2.45) is 7.05 Å². The third kappa shape index (κ3) is 2.49. The second kappa shape index (κ2) is 6.39. The Morgan fingerprint density at radius 2 is 1.69 bits per heavy atom. The molecule has 26 heavy (non-hydrogen) atoms. The summed E-state index contributed by atoms with van der Waals surface area (Å²) in [7, 11) is 1.71. The second-order valence-corrected chi connectivity index (χ2v) is 7.28. The van der Waals surface area contributed by atoms with E-state index in [0.717, 1.165) is 42.0 Å². The smallest absolute Gasteiger partial charge is 0.317 e. The minimum Gasteiger partial charge on any atom is -0.317 e. The Morgan fingerprint density at radius 1 is 1.04 bits per heavy atom. The number of piperidine rings is 2. The number of benzene rings is 1. The fourth-order valence-electron chi connectivity index (χ4n) is 4.37. The number of imidazole rings is 1. The van der Waals surface area contributed by atoms with Gasteiger partial charge in [0, 0.05) is 19.9 Å². The summed E-state index contributed by atoms with van der Waals surface area (Å²) in [6, 6.07) is 3.94. The quantitative estimate of drug-likeness (QED) is 0.823. The zero-order chi connectivity index (χ0) is 18.4. The maximum atomic E-state index is 12.9. The third-order valence-electron chi connectivity index (χ3n) is 5.72. The molecule has 1 aromatic heterocycles. The molecule has 0 saturated carbocycles. The van der Waals surface area contributed by atoms with Crippen LogP contribution in [-0.4, -0.2) is 34.1 Å². The summed E-state index contributed by atoms with van der Waals surface area (Å²) in [5, 5.41) is 4.42. The van der Waals surface area contributed by atoms with Crippen LogP contribution in [-0.2, 0) is 16.6 Å². The summed E-state index contributed by atoms with van der Waals surface area (Å²) in [5.41, 5.74) is 3.38. The van der Waals surface area contributed by atoms with E-state index < -0.39 is 0 Å². The third-order valence-corrected chi connectivity index (χ3v) is 5.72. The first kappa shape index (κ1) is 17.0. The van der Waals surface area contributed by atoms with Crippen LogP contribution < -0.4 is 16.0 Å². The lowest BCUT2D eigenvalue weighted by Gasteiger charge is -2.26. The summed E-state index contributed by atoms with van der Waals surface area (Å²) >= 11 is 0. The van der Waals surface area contributed by atoms with Gasteiger partial charge in [-0.15, -0.1) is 0 Å². The van der Waals surface area contributed by atoms with Crippen molar-refractivity contribution in [2.45, 2.75) is 44.9 Å². The minimum atomic E-state index is -0.353. The van der Waals surface area contributed by atoms with E-state index in [4.69, 9.17) is 0 Å². The molecule has 2 fully saturated rings. The lowest BCUT2D eigenvalue weighted by atomic mass is 9.87. The number of carbonyl (C=O) groups is 2. The number of carbonyl (C=O) groups excluding carboxylic acids is 2. The molecule has 3 heterocycles. The van der Waals surface area contributed by atoms with Gasteiger partial charge >= 0.3 is 5.69 Å². The molecular formula is C19H24N4O3. The molecule has 2 aliphatic rings. The molecule has 0 unspecified atom stereocenters. The molecule has 7 heteroatoms. The van der Waals surface area contributed by atoms with E-state index in [0.29, 0.717) is 30.7 Å². The number of imide groups is 1. The zero-order valence-electron chi connectivity index (χ0n) is 15.2. The van der Waals surface area contributed by atoms with Crippen molar-refractivity contribution in [3.63, 3.8) is 0 Å². The lowest BCUT2D eigenvalue weighted by Crippen LogP contribution is -2.52. The van der Waals surface area contributed by atoms with Crippen LogP contribution in [0, 0.1) is 6.92 Å². The van der Waals surface area contributed by atoms with Gasteiger partial charge in [0.05, 0.1) is 11.0 Å². The Hall–Kier alpha value is -2.41. The highest BCUT2D eigenvalue weighted by atomic mass is 16.2. The SMILES string of the molecule is Cc1c(C2CCNCC2)ccc2c1n(C)c(=O)n2N1C(=O)CCCC1=O. The normalized spacial score (nSPS) is 19.5. The minimum absolute atomic E-state index is 0.292. The van der Waals surface area contributed by atoms with E-state index in [2.05, 4.69) is 11.4 Å². The maximum Gasteiger partial charge on any atom is 0.348 e. The van der Waals surface area contributed by atoms with E-state index in [9.17, 15) is 14.4 Å². The van der Waals surface area contributed by atoms with Crippen LogP contribution in [0.25, 0.3) is 11.0 Å². The number of rotatable bonds is 2. The van der Waals surface area contributed by atoms with Crippen molar-refractivity contribution < 1.29 is 9.59 Å². The van der Waals surface area contributed by atoms with Gasteiger partial charge in [0.1, 0.15) is 0 Å². The van der Waals surface area contributed by atoms with E-state index in [1.54, 1.807) is 11.6 Å². The Balaban J connectivity index is 1.90. The number of fused-ring (bicyclic) bond motifs is 1. The largest absolute Gasteiger partial charge is 0.348 e. The van der Waals surface area contributed by atoms with Crippen LogP contribution in [0.4, 0.5) is 0 Å². The van der Waals surface area contributed by atoms with Gasteiger partial charge in [-0.2, -0.15) is 9.69 Å². The van der Waals surface area contributed by atoms with Gasteiger partial charge in [0.2, 0.25) is 11.8 Å². The van der Waals surface area contributed by atoms with E-state index in [1.165, 1.54) is 10.2 Å². The molecule has 0 spiro atoms. The number of nitrogens with zero attached hydrogens (tertiary/aromatic N) is 3. The molecule has 2 aliphatic heterocycles. The molecule has 2 aromatic rings. The molecular weight excluding hydrogens is 332 g/mol. The number of aryl methyl sites for hydroxylation is 2. The number of aromatic nitrogens is 2. The van der Waals surface area contributed by atoms with E-state index >= 15 is 0 Å². The Labute approximate surface area is 151 Å². The summed E-state index contributed by atoms with van der Waals surface area (Å²) in [5.74, 6) is -0.149. The van der Waals surface area contributed by atoms with Gasteiger partial charge in [-0.1, -0.05) is 6.07 Å². The molecule has 4 rings (SSSR count). The summed E-state index contributed by atoms with van der Waals surface area (Å²) < 4.78 is 2.82. The van der Waals surface area contributed by atoms with Crippen LogP contribution in [0.2, 0.25) is 0 Å². The summed E-state index contributed by atoms with van der Waals surface area (Å²) in [6.45, 7) is 4.03. The predicted octanol–water partition coefficient (Wildman–Crippen LogP) is 1.29. The van der Waals surface area contributed by atoms with Gasteiger partial charge < -0.3 is 5.32 Å². The zero-order valence-corrected chi connectivity index (χ0v) is 15.2. The Kier molecular flexibility index (Phi) is 4.19. The number of amides is 2. The van der Waals surface area contributed by atoms with Crippen molar-refractivity contribution in [2.75, 3.05) is 18.1 Å². The Bertz CT molecular complexity index is 934. The summed E-state index contributed by atoms with van der Waals surface area (Å²) in [4.78, 5) is 37.6. The molecule has 0 bridgehead atoms. The first-order chi connectivity index (χ1) is 12.5. The lowest BCUT2D eigenvalue weighted by molar-refractivity contribution is -0.131. The molecule has 2 amide bonds. The monoisotopic (exact) mass is 356 g/mol. The number of hydrogen-bond acceptors (Lipinski definition) is 4. The van der Waals surface area contributed by atoms with Crippen LogP contribution in [0.5, 0.6) is 0 Å². The first-order valence-corrected chi connectivity index (χ1v) is 9.28. The molecule has 0 radical (unpaired) electrons. The highest BCUT2D eigenvalue weighted by molar-refractivity contribution is 6.11. The fraction of sp³-hybridized carbons (Fsp3) is 0.526. The molecule has 7 nitrogen and oxygen atoms in total. The van der Waals surface area contributed by atoms with Gasteiger partial charge in [-0.3, -0.25) is 14.2 Å². The molecule has 1 aromatic carbocycles. The average Bonchev–Trinajstić information content (AvgIpc) is 2.88. The topological polar surface area (TPSA) is 76.3 Å². The van der Waals surface area contributed by atoms with E-state index in [1.807, 2.05) is 13.0 Å². The van der Waals surface area contributed by atoms with Crippen LogP contribution in [0.15, 0.2) is 16.9 Å². The molecule has 0 atom stereocenters. The van der Waals surface area contributed by atoms with Crippen LogP contribution in [0.3, 0.4) is 0 Å². The first-order valence-electron chi connectivity index (χ1n) is 9.28. The predicted molar refractivity (Wildman–Crippen MR) is 98.8 cm³/mol. The molecule has 1 N–H and O–H groups in total. The number of hydrogen-bond donors (Lipinski definition) is 1. The highest BCUT2D eigenvalue weighted by Crippen LogP contribution is 2.32. The Morgan fingerprint density at radius 3 is 2.35 bits per heavy atom. The van der Waals surface area contributed by atoms with Crippen molar-refractivity contribution in [3.8, 4) is 0 Å². The van der Waals surface area contributed by atoms with E-state index in [-0.39, 0.29) is 17.5 Å². The highest BCUT2D eigenvalue weighted by Gasteiger charge is 2.32.